The van der Waals surface area contributed by atoms with E-state index in [2.05, 4.69) is 5.32 Å². The van der Waals surface area contributed by atoms with E-state index in [4.69, 9.17) is 14.9 Å². The lowest BCUT2D eigenvalue weighted by molar-refractivity contribution is 0.0647. The molecule has 2 heterocycles. The summed E-state index contributed by atoms with van der Waals surface area (Å²) in [6, 6.07) is 10.3. The summed E-state index contributed by atoms with van der Waals surface area (Å²) in [5.74, 6) is 0.749. The molecule has 0 bridgehead atoms. The Kier molecular flexibility index (Phi) is 6.49. The fourth-order valence-corrected chi connectivity index (χ4v) is 3.08. The molecule has 27 heavy (non-hydrogen) atoms. The third kappa shape index (κ3) is 5.10. The third-order valence-electron chi connectivity index (χ3n) is 4.51. The molecule has 3 rings (SSSR count). The van der Waals surface area contributed by atoms with Gasteiger partial charge in [-0.15, -0.1) is 0 Å². The van der Waals surface area contributed by atoms with Gasteiger partial charge < -0.3 is 25.1 Å². The Hall–Kier alpha value is -2.80. The van der Waals surface area contributed by atoms with Gasteiger partial charge in [-0.05, 0) is 62.2 Å². The Balaban J connectivity index is 1.53. The standard InChI is InChI=1S/C20H25N3O4/c21-10-3-13-26-17-8-6-15(7-9-17)19(24)22-16-4-1-11-23(14-16)20(25)18-5-2-12-27-18/h2,5-9,12,16H,1,3-4,10-11,13-14,21H2,(H,22,24)/t16-/m1/s1. The highest BCUT2D eigenvalue weighted by atomic mass is 16.5. The molecular formula is C20H25N3O4. The molecule has 7 heteroatoms. The van der Waals surface area contributed by atoms with Crippen LogP contribution in [-0.4, -0.2) is 49.0 Å². The van der Waals surface area contributed by atoms with Gasteiger partial charge in [0.1, 0.15) is 5.75 Å². The number of rotatable bonds is 7. The van der Waals surface area contributed by atoms with Crippen LogP contribution in [0.2, 0.25) is 0 Å². The predicted molar refractivity (Wildman–Crippen MR) is 101 cm³/mol. The first kappa shape index (κ1) is 19.0. The molecule has 1 saturated heterocycles. The van der Waals surface area contributed by atoms with Crippen LogP contribution >= 0.6 is 0 Å². The van der Waals surface area contributed by atoms with E-state index in [1.54, 1.807) is 41.3 Å². The fourth-order valence-electron chi connectivity index (χ4n) is 3.08. The van der Waals surface area contributed by atoms with Crippen molar-refractivity contribution in [3.8, 4) is 5.75 Å². The van der Waals surface area contributed by atoms with E-state index < -0.39 is 0 Å². The molecule has 7 nitrogen and oxygen atoms in total. The maximum Gasteiger partial charge on any atom is 0.289 e. The van der Waals surface area contributed by atoms with Crippen LogP contribution in [0.4, 0.5) is 0 Å². The highest BCUT2D eigenvalue weighted by Crippen LogP contribution is 2.16. The van der Waals surface area contributed by atoms with Crippen molar-refractivity contribution in [3.05, 3.63) is 54.0 Å². The zero-order valence-electron chi connectivity index (χ0n) is 15.2. The van der Waals surface area contributed by atoms with Crippen molar-refractivity contribution >= 4 is 11.8 Å². The summed E-state index contributed by atoms with van der Waals surface area (Å²) in [4.78, 5) is 26.6. The van der Waals surface area contributed by atoms with Gasteiger partial charge in [0.05, 0.1) is 12.9 Å². The van der Waals surface area contributed by atoms with Gasteiger partial charge in [0.15, 0.2) is 5.76 Å². The molecule has 0 saturated carbocycles. The maximum absolute atomic E-state index is 12.5. The van der Waals surface area contributed by atoms with Crippen LogP contribution in [0.1, 0.15) is 40.2 Å². The number of carbonyl (C=O) groups excluding carboxylic acids is 2. The number of likely N-dealkylation sites (tertiary alicyclic amines) is 1. The number of hydrogen-bond acceptors (Lipinski definition) is 5. The first-order valence-electron chi connectivity index (χ1n) is 9.24. The molecule has 1 atom stereocenters. The fraction of sp³-hybridized carbons (Fsp3) is 0.400. The molecule has 1 aliphatic heterocycles. The molecule has 3 N–H and O–H groups in total. The Labute approximate surface area is 158 Å². The monoisotopic (exact) mass is 371 g/mol. The molecule has 1 aromatic heterocycles. The van der Waals surface area contributed by atoms with Gasteiger partial charge in [0.25, 0.3) is 11.8 Å². The molecular weight excluding hydrogens is 346 g/mol. The lowest BCUT2D eigenvalue weighted by Crippen LogP contribution is -2.49. The second kappa shape index (κ2) is 9.23. The Morgan fingerprint density at radius 3 is 2.78 bits per heavy atom. The summed E-state index contributed by atoms with van der Waals surface area (Å²) in [5, 5.41) is 3.02. The number of benzene rings is 1. The summed E-state index contributed by atoms with van der Waals surface area (Å²) in [6.07, 6.45) is 3.95. The number of hydrogen-bond donors (Lipinski definition) is 2. The van der Waals surface area contributed by atoms with Gasteiger partial charge in [0.2, 0.25) is 0 Å². The molecule has 0 aliphatic carbocycles. The number of nitrogens with two attached hydrogens (primary N) is 1. The average molecular weight is 371 g/mol. The number of nitrogens with zero attached hydrogens (tertiary/aromatic N) is 1. The summed E-state index contributed by atoms with van der Waals surface area (Å²) in [6.45, 7) is 2.29. The van der Waals surface area contributed by atoms with E-state index in [0.29, 0.717) is 43.3 Å². The molecule has 0 unspecified atom stereocenters. The van der Waals surface area contributed by atoms with Gasteiger partial charge >= 0.3 is 0 Å². The van der Waals surface area contributed by atoms with Crippen LogP contribution < -0.4 is 15.8 Å². The molecule has 2 aromatic rings. The number of carbonyl (C=O) groups is 2. The largest absolute Gasteiger partial charge is 0.494 e. The van der Waals surface area contributed by atoms with E-state index >= 15 is 0 Å². The maximum atomic E-state index is 12.5. The number of amides is 2. The molecule has 1 fully saturated rings. The van der Waals surface area contributed by atoms with Crippen LogP contribution in [0.3, 0.4) is 0 Å². The van der Waals surface area contributed by atoms with Gasteiger partial charge in [0, 0.05) is 24.7 Å². The quantitative estimate of drug-likeness (QED) is 0.726. The van der Waals surface area contributed by atoms with Gasteiger partial charge in [-0.2, -0.15) is 0 Å². The summed E-state index contributed by atoms with van der Waals surface area (Å²) < 4.78 is 10.7. The van der Waals surface area contributed by atoms with E-state index in [1.807, 2.05) is 0 Å². The predicted octanol–water partition coefficient (Wildman–Crippen LogP) is 2.04. The second-order valence-corrected chi connectivity index (χ2v) is 6.56. The molecule has 0 radical (unpaired) electrons. The number of piperidine rings is 1. The van der Waals surface area contributed by atoms with E-state index in [1.165, 1.54) is 6.26 Å². The minimum absolute atomic E-state index is 0.0781. The first-order valence-corrected chi connectivity index (χ1v) is 9.24. The van der Waals surface area contributed by atoms with Crippen molar-refractivity contribution in [1.82, 2.24) is 10.2 Å². The van der Waals surface area contributed by atoms with Crippen molar-refractivity contribution < 1.29 is 18.7 Å². The smallest absolute Gasteiger partial charge is 0.289 e. The zero-order valence-corrected chi connectivity index (χ0v) is 15.2. The average Bonchev–Trinajstić information content (AvgIpc) is 3.23. The normalized spacial score (nSPS) is 16.8. The highest BCUT2D eigenvalue weighted by Gasteiger charge is 2.26. The zero-order chi connectivity index (χ0) is 19.1. The van der Waals surface area contributed by atoms with Crippen LogP contribution in [0, 0.1) is 0 Å². The molecule has 144 valence electrons. The number of furan rings is 1. The van der Waals surface area contributed by atoms with Crippen LogP contribution in [-0.2, 0) is 0 Å². The van der Waals surface area contributed by atoms with Crippen molar-refractivity contribution in [2.75, 3.05) is 26.2 Å². The third-order valence-corrected chi connectivity index (χ3v) is 4.51. The molecule has 2 amide bonds. The minimum atomic E-state index is -0.152. The summed E-state index contributed by atoms with van der Waals surface area (Å²) >= 11 is 0. The molecule has 0 spiro atoms. The van der Waals surface area contributed by atoms with Crippen LogP contribution in [0.15, 0.2) is 47.1 Å². The van der Waals surface area contributed by atoms with E-state index in [0.717, 1.165) is 19.3 Å². The SMILES string of the molecule is NCCCOc1ccc(C(=O)N[C@@H]2CCCN(C(=O)c3ccco3)C2)cc1. The Bertz CT molecular complexity index is 743. The summed E-state index contributed by atoms with van der Waals surface area (Å²) in [7, 11) is 0. The van der Waals surface area contributed by atoms with Gasteiger partial charge in [-0.25, -0.2) is 0 Å². The van der Waals surface area contributed by atoms with Crippen LogP contribution in [0.5, 0.6) is 5.75 Å². The number of ether oxygens (including phenoxy) is 1. The molecule has 1 aliphatic rings. The van der Waals surface area contributed by atoms with Gasteiger partial charge in [-0.1, -0.05) is 0 Å². The number of nitrogens with one attached hydrogen (secondary N) is 1. The highest BCUT2D eigenvalue weighted by molar-refractivity contribution is 5.95. The van der Waals surface area contributed by atoms with E-state index in [9.17, 15) is 9.59 Å². The van der Waals surface area contributed by atoms with Crippen molar-refractivity contribution in [2.45, 2.75) is 25.3 Å². The second-order valence-electron chi connectivity index (χ2n) is 6.56. The lowest BCUT2D eigenvalue weighted by atomic mass is 10.0. The van der Waals surface area contributed by atoms with Crippen LogP contribution in [0.25, 0.3) is 0 Å². The topological polar surface area (TPSA) is 97.8 Å². The molecule has 1 aromatic carbocycles. The first-order chi connectivity index (χ1) is 13.2. The van der Waals surface area contributed by atoms with E-state index in [-0.39, 0.29) is 17.9 Å². The van der Waals surface area contributed by atoms with Gasteiger partial charge in [-0.3, -0.25) is 9.59 Å². The van der Waals surface area contributed by atoms with Crippen molar-refractivity contribution in [3.63, 3.8) is 0 Å². The van der Waals surface area contributed by atoms with Crippen molar-refractivity contribution in [2.24, 2.45) is 5.73 Å². The lowest BCUT2D eigenvalue weighted by Gasteiger charge is -2.32. The Morgan fingerprint density at radius 2 is 2.07 bits per heavy atom. The minimum Gasteiger partial charge on any atom is -0.494 e. The Morgan fingerprint density at radius 1 is 1.26 bits per heavy atom. The summed E-state index contributed by atoms with van der Waals surface area (Å²) in [5.41, 5.74) is 6.00. The van der Waals surface area contributed by atoms with Crippen molar-refractivity contribution in [1.29, 1.82) is 0 Å².